The molecule has 18 heavy (non-hydrogen) atoms. The van der Waals surface area contributed by atoms with Crippen molar-refractivity contribution < 1.29 is 9.13 Å². The van der Waals surface area contributed by atoms with Crippen molar-refractivity contribution in [2.24, 2.45) is 4.99 Å². The van der Waals surface area contributed by atoms with Crippen LogP contribution in [0.15, 0.2) is 29.3 Å². The predicted octanol–water partition coefficient (Wildman–Crippen LogP) is 1.53. The molecule has 0 aromatic heterocycles. The van der Waals surface area contributed by atoms with Crippen molar-refractivity contribution in [1.29, 1.82) is 0 Å². The lowest BCUT2D eigenvalue weighted by molar-refractivity contribution is 0.195. The lowest BCUT2D eigenvalue weighted by Crippen LogP contribution is -2.37. The number of aliphatic imine (C=N–C) groups is 1. The van der Waals surface area contributed by atoms with Crippen LogP contribution >= 0.6 is 0 Å². The molecule has 0 aliphatic carbocycles. The minimum Gasteiger partial charge on any atom is -0.385 e. The van der Waals surface area contributed by atoms with E-state index in [0.717, 1.165) is 13.0 Å². The van der Waals surface area contributed by atoms with Crippen molar-refractivity contribution >= 4 is 5.96 Å². The van der Waals surface area contributed by atoms with E-state index in [9.17, 15) is 4.39 Å². The van der Waals surface area contributed by atoms with Crippen LogP contribution in [-0.4, -0.2) is 33.3 Å². The van der Waals surface area contributed by atoms with E-state index in [1.54, 1.807) is 26.3 Å². The van der Waals surface area contributed by atoms with E-state index in [-0.39, 0.29) is 5.82 Å². The number of benzene rings is 1. The molecular formula is C13H20FN3O. The van der Waals surface area contributed by atoms with E-state index in [0.29, 0.717) is 24.7 Å². The first kappa shape index (κ1) is 14.4. The van der Waals surface area contributed by atoms with Gasteiger partial charge in [0.2, 0.25) is 0 Å². The minimum absolute atomic E-state index is 0.208. The van der Waals surface area contributed by atoms with E-state index in [1.807, 2.05) is 6.07 Å². The number of rotatable bonds is 6. The van der Waals surface area contributed by atoms with Gasteiger partial charge in [-0.1, -0.05) is 18.2 Å². The molecule has 0 fully saturated rings. The highest BCUT2D eigenvalue weighted by Crippen LogP contribution is 2.05. The van der Waals surface area contributed by atoms with E-state index >= 15 is 0 Å². The summed E-state index contributed by atoms with van der Waals surface area (Å²) in [5.41, 5.74) is 0.623. The average molecular weight is 253 g/mol. The SMILES string of the molecule is CN=C(NCCCOC)NCc1ccccc1F. The van der Waals surface area contributed by atoms with Gasteiger partial charge in [-0.2, -0.15) is 0 Å². The third-order valence-corrected chi connectivity index (χ3v) is 2.45. The lowest BCUT2D eigenvalue weighted by Gasteiger charge is -2.12. The summed E-state index contributed by atoms with van der Waals surface area (Å²) in [6, 6.07) is 6.69. The molecule has 0 amide bonds. The Kier molecular flexibility index (Phi) is 6.79. The molecule has 1 rings (SSSR count). The molecule has 0 unspecified atom stereocenters. The van der Waals surface area contributed by atoms with Gasteiger partial charge in [-0.3, -0.25) is 4.99 Å². The summed E-state index contributed by atoms with van der Waals surface area (Å²) in [7, 11) is 3.36. The van der Waals surface area contributed by atoms with Gasteiger partial charge in [0.15, 0.2) is 5.96 Å². The van der Waals surface area contributed by atoms with Crippen LogP contribution in [0.4, 0.5) is 4.39 Å². The van der Waals surface area contributed by atoms with Crippen LogP contribution < -0.4 is 10.6 Å². The molecule has 0 aliphatic heterocycles. The van der Waals surface area contributed by atoms with Gasteiger partial charge in [-0.05, 0) is 12.5 Å². The van der Waals surface area contributed by atoms with Gasteiger partial charge in [0, 0.05) is 39.4 Å². The van der Waals surface area contributed by atoms with Gasteiger partial charge in [0.25, 0.3) is 0 Å². The standard InChI is InChI=1S/C13H20FN3O/c1-15-13(16-8-5-9-18-2)17-10-11-6-3-4-7-12(11)14/h3-4,6-7H,5,8-10H2,1-2H3,(H2,15,16,17). The van der Waals surface area contributed by atoms with Crippen LogP contribution in [-0.2, 0) is 11.3 Å². The normalized spacial score (nSPS) is 11.4. The first-order chi connectivity index (χ1) is 8.77. The zero-order chi connectivity index (χ0) is 13.2. The molecule has 0 saturated heterocycles. The van der Waals surface area contributed by atoms with Crippen molar-refractivity contribution in [1.82, 2.24) is 10.6 Å². The first-order valence-electron chi connectivity index (χ1n) is 5.94. The number of guanidine groups is 1. The molecule has 1 aromatic carbocycles. The maximum Gasteiger partial charge on any atom is 0.191 e. The van der Waals surface area contributed by atoms with Crippen LogP contribution in [0.5, 0.6) is 0 Å². The second-order valence-corrected chi connectivity index (χ2v) is 3.79. The van der Waals surface area contributed by atoms with Crippen LogP contribution in [0.3, 0.4) is 0 Å². The number of hydrogen-bond acceptors (Lipinski definition) is 2. The number of hydrogen-bond donors (Lipinski definition) is 2. The molecular weight excluding hydrogens is 233 g/mol. The van der Waals surface area contributed by atoms with E-state index in [1.165, 1.54) is 6.07 Å². The smallest absolute Gasteiger partial charge is 0.191 e. The molecule has 0 spiro atoms. The van der Waals surface area contributed by atoms with Gasteiger partial charge in [0.05, 0.1) is 0 Å². The highest BCUT2D eigenvalue weighted by Gasteiger charge is 2.01. The highest BCUT2D eigenvalue weighted by molar-refractivity contribution is 5.79. The number of nitrogens with zero attached hydrogens (tertiary/aromatic N) is 1. The molecule has 2 N–H and O–H groups in total. The Morgan fingerprint density at radius 2 is 2.11 bits per heavy atom. The Hall–Kier alpha value is -1.62. The Balaban J connectivity index is 2.34. The Morgan fingerprint density at radius 1 is 1.33 bits per heavy atom. The van der Waals surface area contributed by atoms with Crippen molar-refractivity contribution in [2.75, 3.05) is 27.3 Å². The molecule has 0 heterocycles. The van der Waals surface area contributed by atoms with Gasteiger partial charge in [-0.15, -0.1) is 0 Å². The quantitative estimate of drug-likeness (QED) is 0.459. The lowest BCUT2D eigenvalue weighted by atomic mass is 10.2. The van der Waals surface area contributed by atoms with E-state index < -0.39 is 0 Å². The minimum atomic E-state index is -0.208. The summed E-state index contributed by atoms with van der Waals surface area (Å²) < 4.78 is 18.3. The predicted molar refractivity (Wildman–Crippen MR) is 71.1 cm³/mol. The van der Waals surface area contributed by atoms with Crippen molar-refractivity contribution in [2.45, 2.75) is 13.0 Å². The van der Waals surface area contributed by atoms with Crippen molar-refractivity contribution in [3.05, 3.63) is 35.6 Å². The molecule has 0 atom stereocenters. The number of ether oxygens (including phenoxy) is 1. The van der Waals surface area contributed by atoms with Gasteiger partial charge in [-0.25, -0.2) is 4.39 Å². The zero-order valence-electron chi connectivity index (χ0n) is 10.9. The summed E-state index contributed by atoms with van der Waals surface area (Å²) in [6.07, 6.45) is 0.900. The molecule has 5 heteroatoms. The highest BCUT2D eigenvalue weighted by atomic mass is 19.1. The third kappa shape index (κ3) is 5.14. The molecule has 0 saturated carbocycles. The molecule has 0 bridgehead atoms. The van der Waals surface area contributed by atoms with Crippen molar-refractivity contribution in [3.8, 4) is 0 Å². The van der Waals surface area contributed by atoms with E-state index in [4.69, 9.17) is 4.74 Å². The number of nitrogens with one attached hydrogen (secondary N) is 2. The molecule has 0 radical (unpaired) electrons. The number of methoxy groups -OCH3 is 1. The first-order valence-corrected chi connectivity index (χ1v) is 5.94. The Labute approximate surface area is 107 Å². The van der Waals surface area contributed by atoms with E-state index in [2.05, 4.69) is 15.6 Å². The maximum atomic E-state index is 13.4. The largest absolute Gasteiger partial charge is 0.385 e. The third-order valence-electron chi connectivity index (χ3n) is 2.45. The molecule has 4 nitrogen and oxygen atoms in total. The van der Waals surface area contributed by atoms with Gasteiger partial charge < -0.3 is 15.4 Å². The molecule has 0 aliphatic rings. The monoisotopic (exact) mass is 253 g/mol. The fourth-order valence-corrected chi connectivity index (χ4v) is 1.46. The summed E-state index contributed by atoms with van der Waals surface area (Å²) in [4.78, 5) is 4.06. The fraction of sp³-hybridized carbons (Fsp3) is 0.462. The van der Waals surface area contributed by atoms with Crippen LogP contribution in [0, 0.1) is 5.82 Å². The fourth-order valence-electron chi connectivity index (χ4n) is 1.46. The Morgan fingerprint density at radius 3 is 2.78 bits per heavy atom. The summed E-state index contributed by atoms with van der Waals surface area (Å²) >= 11 is 0. The molecule has 100 valence electrons. The van der Waals surface area contributed by atoms with Crippen LogP contribution in [0.1, 0.15) is 12.0 Å². The second-order valence-electron chi connectivity index (χ2n) is 3.79. The topological polar surface area (TPSA) is 45.7 Å². The average Bonchev–Trinajstić information content (AvgIpc) is 2.40. The Bertz CT molecular complexity index is 382. The number of halogens is 1. The van der Waals surface area contributed by atoms with Crippen LogP contribution in [0.2, 0.25) is 0 Å². The van der Waals surface area contributed by atoms with Gasteiger partial charge in [0.1, 0.15) is 5.82 Å². The summed E-state index contributed by atoms with van der Waals surface area (Å²) in [5.74, 6) is 0.453. The van der Waals surface area contributed by atoms with Crippen molar-refractivity contribution in [3.63, 3.8) is 0 Å². The zero-order valence-corrected chi connectivity index (χ0v) is 10.9. The maximum absolute atomic E-state index is 13.4. The second kappa shape index (κ2) is 8.47. The van der Waals surface area contributed by atoms with Crippen LogP contribution in [0.25, 0.3) is 0 Å². The van der Waals surface area contributed by atoms with Gasteiger partial charge >= 0.3 is 0 Å². The molecule has 1 aromatic rings. The summed E-state index contributed by atoms with van der Waals surface area (Å²) in [6.45, 7) is 1.89. The summed E-state index contributed by atoms with van der Waals surface area (Å²) in [5, 5.41) is 6.19.